The second-order valence-corrected chi connectivity index (χ2v) is 6.99. The fourth-order valence-corrected chi connectivity index (χ4v) is 2.65. The number of ether oxygens (including phenoxy) is 1. The zero-order valence-electron chi connectivity index (χ0n) is 15.0. The van der Waals surface area contributed by atoms with Crippen LogP contribution in [0.2, 0.25) is 10.2 Å². The molecule has 0 unspecified atom stereocenters. The highest BCUT2D eigenvalue weighted by Gasteiger charge is 2.21. The molecule has 0 spiro atoms. The van der Waals surface area contributed by atoms with Crippen LogP contribution in [-0.2, 0) is 9.53 Å². The minimum atomic E-state index is -0.989. The van der Waals surface area contributed by atoms with E-state index in [-0.39, 0.29) is 21.7 Å². The van der Waals surface area contributed by atoms with Crippen molar-refractivity contribution in [1.82, 2.24) is 4.98 Å². The van der Waals surface area contributed by atoms with Crippen LogP contribution in [-0.4, -0.2) is 23.0 Å². The molecular weight excluding hydrogens is 375 g/mol. The standard InChI is InChI=1S/C19H20Cl2N2O3/c1-10(2)14-7-5-6-11(3)16(14)23-18(24)12(4)26-19(25)13-8-15(20)17(21)22-9-13/h5-10,12H,1-4H3,(H,23,24)/t12-/m0/s1. The monoisotopic (exact) mass is 394 g/mol. The van der Waals surface area contributed by atoms with Gasteiger partial charge in [0, 0.05) is 11.9 Å². The van der Waals surface area contributed by atoms with E-state index >= 15 is 0 Å². The van der Waals surface area contributed by atoms with Crippen molar-refractivity contribution < 1.29 is 14.3 Å². The van der Waals surface area contributed by atoms with Crippen molar-refractivity contribution in [3.63, 3.8) is 0 Å². The molecule has 26 heavy (non-hydrogen) atoms. The maximum atomic E-state index is 12.5. The molecule has 1 amide bonds. The molecule has 1 heterocycles. The summed E-state index contributed by atoms with van der Waals surface area (Å²) in [6.07, 6.45) is 0.260. The number of nitrogens with one attached hydrogen (secondary N) is 1. The Labute approximate surface area is 162 Å². The first-order valence-electron chi connectivity index (χ1n) is 8.13. The highest BCUT2D eigenvalue weighted by atomic mass is 35.5. The number of benzene rings is 1. The summed E-state index contributed by atoms with van der Waals surface area (Å²) in [7, 11) is 0. The van der Waals surface area contributed by atoms with Crippen molar-refractivity contribution in [2.75, 3.05) is 5.32 Å². The quantitative estimate of drug-likeness (QED) is 0.571. The van der Waals surface area contributed by atoms with Gasteiger partial charge in [0.05, 0.1) is 10.6 Å². The smallest absolute Gasteiger partial charge is 0.340 e. The number of aromatic nitrogens is 1. The molecule has 1 atom stereocenters. The van der Waals surface area contributed by atoms with Crippen molar-refractivity contribution in [3.8, 4) is 0 Å². The number of esters is 1. The van der Waals surface area contributed by atoms with Crippen LogP contribution < -0.4 is 5.32 Å². The molecule has 138 valence electrons. The van der Waals surface area contributed by atoms with Crippen LogP contribution in [0.25, 0.3) is 0 Å². The zero-order valence-corrected chi connectivity index (χ0v) is 16.5. The Bertz CT molecular complexity index is 838. The van der Waals surface area contributed by atoms with Gasteiger partial charge in [-0.05, 0) is 37.0 Å². The molecule has 5 nitrogen and oxygen atoms in total. The number of nitrogens with zero attached hydrogens (tertiary/aromatic N) is 1. The Morgan fingerprint density at radius 2 is 1.88 bits per heavy atom. The number of carbonyl (C=O) groups excluding carboxylic acids is 2. The molecule has 7 heteroatoms. The molecule has 0 saturated heterocycles. The van der Waals surface area contributed by atoms with Gasteiger partial charge in [-0.25, -0.2) is 9.78 Å². The van der Waals surface area contributed by atoms with Crippen LogP contribution >= 0.6 is 23.2 Å². The predicted molar refractivity (Wildman–Crippen MR) is 103 cm³/mol. The third-order valence-corrected chi connectivity index (χ3v) is 4.55. The Balaban J connectivity index is 2.11. The summed E-state index contributed by atoms with van der Waals surface area (Å²) in [6, 6.07) is 7.17. The molecule has 0 radical (unpaired) electrons. The molecule has 1 aromatic heterocycles. The van der Waals surface area contributed by atoms with Gasteiger partial charge in [-0.3, -0.25) is 4.79 Å². The Hall–Kier alpha value is -2.11. The fraction of sp³-hybridized carbons (Fsp3) is 0.316. The van der Waals surface area contributed by atoms with Gasteiger partial charge in [0.1, 0.15) is 5.15 Å². The van der Waals surface area contributed by atoms with E-state index in [0.29, 0.717) is 0 Å². The molecule has 1 aromatic carbocycles. The van der Waals surface area contributed by atoms with Gasteiger partial charge in [0.2, 0.25) is 0 Å². The second-order valence-electron chi connectivity index (χ2n) is 6.23. The molecule has 0 aliphatic carbocycles. The van der Waals surface area contributed by atoms with E-state index in [2.05, 4.69) is 10.3 Å². The minimum Gasteiger partial charge on any atom is -0.449 e. The molecule has 0 saturated carbocycles. The normalized spacial score (nSPS) is 12.0. The maximum absolute atomic E-state index is 12.5. The molecule has 0 aliphatic heterocycles. The lowest BCUT2D eigenvalue weighted by molar-refractivity contribution is -0.123. The Morgan fingerprint density at radius 1 is 1.19 bits per heavy atom. The first-order valence-corrected chi connectivity index (χ1v) is 8.88. The van der Waals surface area contributed by atoms with Gasteiger partial charge in [-0.15, -0.1) is 0 Å². The van der Waals surface area contributed by atoms with E-state index < -0.39 is 18.0 Å². The largest absolute Gasteiger partial charge is 0.449 e. The van der Waals surface area contributed by atoms with Crippen molar-refractivity contribution >= 4 is 40.8 Å². The molecule has 0 fully saturated rings. The average molecular weight is 395 g/mol. The number of para-hydroxylation sites is 1. The molecule has 0 aliphatic rings. The lowest BCUT2D eigenvalue weighted by Gasteiger charge is -2.19. The van der Waals surface area contributed by atoms with E-state index in [1.54, 1.807) is 0 Å². The van der Waals surface area contributed by atoms with Crippen LogP contribution in [0.15, 0.2) is 30.5 Å². The van der Waals surface area contributed by atoms with Crippen molar-refractivity contribution in [1.29, 1.82) is 0 Å². The first-order chi connectivity index (χ1) is 12.2. The molecule has 2 rings (SSSR count). The number of hydrogen-bond acceptors (Lipinski definition) is 4. The average Bonchev–Trinajstić information content (AvgIpc) is 2.58. The summed E-state index contributed by atoms with van der Waals surface area (Å²) in [5.41, 5.74) is 2.83. The summed E-state index contributed by atoms with van der Waals surface area (Å²) < 4.78 is 5.21. The molecular formula is C19H20Cl2N2O3. The summed E-state index contributed by atoms with van der Waals surface area (Å²) in [6.45, 7) is 7.52. The topological polar surface area (TPSA) is 68.3 Å². The van der Waals surface area contributed by atoms with Gasteiger partial charge in [0.15, 0.2) is 6.10 Å². The van der Waals surface area contributed by atoms with Crippen molar-refractivity contribution in [3.05, 3.63) is 57.3 Å². The summed E-state index contributed by atoms with van der Waals surface area (Å²) in [5.74, 6) is -0.875. The second kappa shape index (κ2) is 8.52. The fourth-order valence-electron chi connectivity index (χ4n) is 2.38. The zero-order chi connectivity index (χ0) is 19.4. The number of carbonyl (C=O) groups is 2. The van der Waals surface area contributed by atoms with Gasteiger partial charge in [0.25, 0.3) is 5.91 Å². The Kier molecular flexibility index (Phi) is 6.62. The molecule has 0 bridgehead atoms. The van der Waals surface area contributed by atoms with Crippen molar-refractivity contribution in [2.45, 2.75) is 39.7 Å². The first kappa shape index (κ1) is 20.2. The summed E-state index contributed by atoms with van der Waals surface area (Å²) in [4.78, 5) is 28.4. The van der Waals surface area contributed by atoms with Gasteiger partial charge in [-0.1, -0.05) is 55.2 Å². The van der Waals surface area contributed by atoms with Crippen LogP contribution in [0.3, 0.4) is 0 Å². The number of pyridine rings is 1. The van der Waals surface area contributed by atoms with Gasteiger partial charge in [-0.2, -0.15) is 0 Å². The highest BCUT2D eigenvalue weighted by molar-refractivity contribution is 6.41. The predicted octanol–water partition coefficient (Wildman–Crippen LogP) is 5.00. The lowest BCUT2D eigenvalue weighted by atomic mass is 9.98. The number of halogens is 2. The van der Waals surface area contributed by atoms with E-state index in [1.807, 2.05) is 39.0 Å². The number of rotatable bonds is 5. The highest BCUT2D eigenvalue weighted by Crippen LogP contribution is 2.27. The molecule has 2 aromatic rings. The van der Waals surface area contributed by atoms with Crippen LogP contribution in [0.4, 0.5) is 5.69 Å². The number of aryl methyl sites for hydroxylation is 1. The molecule has 1 N–H and O–H groups in total. The number of anilines is 1. The third-order valence-electron chi connectivity index (χ3n) is 3.86. The lowest BCUT2D eigenvalue weighted by Crippen LogP contribution is -2.30. The number of hydrogen-bond donors (Lipinski definition) is 1. The van der Waals surface area contributed by atoms with Crippen LogP contribution in [0.1, 0.15) is 48.2 Å². The third kappa shape index (κ3) is 4.74. The van der Waals surface area contributed by atoms with E-state index in [9.17, 15) is 9.59 Å². The van der Waals surface area contributed by atoms with Gasteiger partial charge >= 0.3 is 5.97 Å². The summed E-state index contributed by atoms with van der Waals surface area (Å²) in [5, 5.41) is 3.09. The van der Waals surface area contributed by atoms with Crippen LogP contribution in [0, 0.1) is 6.92 Å². The SMILES string of the molecule is Cc1cccc(C(C)C)c1NC(=O)[C@H](C)OC(=O)c1cnc(Cl)c(Cl)c1. The number of amides is 1. The Morgan fingerprint density at radius 3 is 2.50 bits per heavy atom. The van der Waals surface area contributed by atoms with Gasteiger partial charge < -0.3 is 10.1 Å². The minimum absolute atomic E-state index is 0.0924. The van der Waals surface area contributed by atoms with E-state index in [1.165, 1.54) is 19.2 Å². The summed E-state index contributed by atoms with van der Waals surface area (Å²) >= 11 is 11.6. The van der Waals surface area contributed by atoms with E-state index in [4.69, 9.17) is 27.9 Å². The van der Waals surface area contributed by atoms with Crippen molar-refractivity contribution in [2.24, 2.45) is 0 Å². The van der Waals surface area contributed by atoms with Crippen LogP contribution in [0.5, 0.6) is 0 Å². The maximum Gasteiger partial charge on any atom is 0.340 e. The van der Waals surface area contributed by atoms with E-state index in [0.717, 1.165) is 16.8 Å².